The summed E-state index contributed by atoms with van der Waals surface area (Å²) in [6, 6.07) is 0. The van der Waals surface area contributed by atoms with E-state index in [1.807, 2.05) is 0 Å². The molecule has 0 nitrogen and oxygen atoms in total. The summed E-state index contributed by atoms with van der Waals surface area (Å²) in [7, 11) is 0. The molecule has 0 heterocycles. The zero-order chi connectivity index (χ0) is 9.98. The van der Waals surface area contributed by atoms with Crippen LogP contribution in [0.5, 0.6) is 0 Å². The molecular weight excluding hydrogens is 144 g/mol. The lowest BCUT2D eigenvalue weighted by molar-refractivity contribution is 0.550. The first kappa shape index (κ1) is 14.5. The molecule has 0 N–H and O–H groups in total. The van der Waals surface area contributed by atoms with Gasteiger partial charge in [-0.15, -0.1) is 0 Å². The summed E-state index contributed by atoms with van der Waals surface area (Å²) in [4.78, 5) is 0. The second kappa shape index (κ2) is 11.0. The zero-order valence-electron chi connectivity index (χ0n) is 9.98. The van der Waals surface area contributed by atoms with Crippen molar-refractivity contribution in [2.45, 2.75) is 67.2 Å². The monoisotopic (exact) mass is 172 g/mol. The predicted molar refractivity (Wildman–Crippen MR) is 59.5 cm³/mol. The van der Waals surface area contributed by atoms with E-state index in [0.29, 0.717) is 0 Å². The molecule has 0 unspecified atom stereocenters. The molecule has 0 bridgehead atoms. The summed E-state index contributed by atoms with van der Waals surface area (Å²) in [6.07, 6.45) is 5.45. The van der Waals surface area contributed by atoms with Gasteiger partial charge >= 0.3 is 0 Å². The smallest absolute Gasteiger partial charge is 0.0471 e. The van der Waals surface area contributed by atoms with E-state index >= 15 is 0 Å². The van der Waals surface area contributed by atoms with Gasteiger partial charge in [-0.05, 0) is 11.8 Å². The third kappa shape index (κ3) is 22.5. The van der Waals surface area contributed by atoms with Crippen molar-refractivity contribution in [1.29, 1.82) is 0 Å². The Balaban J connectivity index is 0. The van der Waals surface area contributed by atoms with E-state index < -0.39 is 0 Å². The lowest BCUT2D eigenvalue weighted by atomic mass is 10.1. The third-order valence-corrected chi connectivity index (χ3v) is 1.95. The van der Waals surface area contributed by atoms with Crippen LogP contribution in [-0.2, 0) is 0 Å². The minimum absolute atomic E-state index is 0.884. The van der Waals surface area contributed by atoms with E-state index in [-0.39, 0.29) is 0 Å². The SMILES string of the molecule is CCC(C)C.CCCCC(C)C. The maximum atomic E-state index is 2.27. The second-order valence-electron chi connectivity index (χ2n) is 4.34. The molecule has 0 fully saturated rings. The Labute approximate surface area is 79.8 Å². The third-order valence-electron chi connectivity index (χ3n) is 1.95. The van der Waals surface area contributed by atoms with Crippen molar-refractivity contribution >= 4 is 0 Å². The lowest BCUT2D eigenvalue weighted by Gasteiger charge is -1.98. The first-order valence-corrected chi connectivity index (χ1v) is 5.54. The molecule has 0 aromatic rings. The van der Waals surface area contributed by atoms with E-state index in [0.717, 1.165) is 11.8 Å². The molecule has 0 rings (SSSR count). The van der Waals surface area contributed by atoms with E-state index in [4.69, 9.17) is 0 Å². The summed E-state index contributed by atoms with van der Waals surface area (Å²) in [6.45, 7) is 13.4. The van der Waals surface area contributed by atoms with Crippen molar-refractivity contribution in [3.05, 3.63) is 0 Å². The number of unbranched alkanes of at least 4 members (excludes halogenated alkanes) is 1. The average molecular weight is 172 g/mol. The molecule has 76 valence electrons. The summed E-state index contributed by atoms with van der Waals surface area (Å²) in [5.74, 6) is 1.79. The van der Waals surface area contributed by atoms with E-state index in [2.05, 4.69) is 41.5 Å². The molecule has 0 saturated heterocycles. The van der Waals surface area contributed by atoms with Crippen LogP contribution in [0.4, 0.5) is 0 Å². The van der Waals surface area contributed by atoms with Crippen molar-refractivity contribution < 1.29 is 0 Å². The molecule has 0 atom stereocenters. The Morgan fingerprint density at radius 3 is 1.33 bits per heavy atom. The van der Waals surface area contributed by atoms with Crippen LogP contribution in [0.15, 0.2) is 0 Å². The Morgan fingerprint density at radius 2 is 1.25 bits per heavy atom. The number of hydrogen-bond donors (Lipinski definition) is 0. The topological polar surface area (TPSA) is 0 Å². The van der Waals surface area contributed by atoms with Crippen molar-refractivity contribution in [3.8, 4) is 0 Å². The molecule has 12 heavy (non-hydrogen) atoms. The Bertz CT molecular complexity index is 62.4. The van der Waals surface area contributed by atoms with Crippen LogP contribution < -0.4 is 0 Å². The molecule has 0 heteroatoms. The Hall–Kier alpha value is 0. The highest BCUT2D eigenvalue weighted by molar-refractivity contribution is 4.42. The molecule has 0 aliphatic rings. The molecule has 0 amide bonds. The molecule has 0 saturated carbocycles. The number of hydrogen-bond acceptors (Lipinski definition) is 0. The maximum Gasteiger partial charge on any atom is -0.0471 e. The molecule has 0 radical (unpaired) electrons. The van der Waals surface area contributed by atoms with E-state index in [1.54, 1.807) is 0 Å². The van der Waals surface area contributed by atoms with Gasteiger partial charge in [-0.1, -0.05) is 67.2 Å². The summed E-state index contributed by atoms with van der Waals surface area (Å²) < 4.78 is 0. The van der Waals surface area contributed by atoms with Gasteiger partial charge in [0, 0.05) is 0 Å². The fourth-order valence-electron chi connectivity index (χ4n) is 0.612. The maximum absolute atomic E-state index is 2.27. The second-order valence-corrected chi connectivity index (χ2v) is 4.34. The molecule has 0 aromatic heterocycles. The fourth-order valence-corrected chi connectivity index (χ4v) is 0.612. The van der Waals surface area contributed by atoms with Gasteiger partial charge in [0.25, 0.3) is 0 Å². The van der Waals surface area contributed by atoms with Gasteiger partial charge in [0.05, 0.1) is 0 Å². The van der Waals surface area contributed by atoms with Crippen molar-refractivity contribution in [2.75, 3.05) is 0 Å². The van der Waals surface area contributed by atoms with Crippen molar-refractivity contribution in [3.63, 3.8) is 0 Å². The molecule has 0 aliphatic heterocycles. The van der Waals surface area contributed by atoms with Gasteiger partial charge in [0.1, 0.15) is 0 Å². The van der Waals surface area contributed by atoms with Crippen molar-refractivity contribution in [1.82, 2.24) is 0 Å². The van der Waals surface area contributed by atoms with Gasteiger partial charge in [-0.2, -0.15) is 0 Å². The number of rotatable bonds is 4. The summed E-state index contributed by atoms with van der Waals surface area (Å²) in [5.41, 5.74) is 0. The molecular formula is C12H28. The quantitative estimate of drug-likeness (QED) is 0.566. The minimum atomic E-state index is 0.884. The van der Waals surface area contributed by atoms with Crippen molar-refractivity contribution in [2.24, 2.45) is 11.8 Å². The highest BCUT2D eigenvalue weighted by Gasteiger charge is 1.88. The zero-order valence-corrected chi connectivity index (χ0v) is 9.98. The minimum Gasteiger partial charge on any atom is -0.0654 e. The van der Waals surface area contributed by atoms with Gasteiger partial charge in [-0.25, -0.2) is 0 Å². The molecule has 0 aromatic carbocycles. The molecule has 0 spiro atoms. The van der Waals surface area contributed by atoms with E-state index in [1.165, 1.54) is 25.7 Å². The standard InChI is InChI=1S/C7H16.C5H12/c1-4-5-6-7(2)3;1-4-5(2)3/h7H,4-6H2,1-3H3;5H,4H2,1-3H3. The summed E-state index contributed by atoms with van der Waals surface area (Å²) in [5, 5.41) is 0. The van der Waals surface area contributed by atoms with Gasteiger partial charge in [0.2, 0.25) is 0 Å². The van der Waals surface area contributed by atoms with Crippen LogP contribution in [0.2, 0.25) is 0 Å². The normalized spacial score (nSPS) is 10.0. The van der Waals surface area contributed by atoms with Crippen LogP contribution in [0.1, 0.15) is 67.2 Å². The van der Waals surface area contributed by atoms with Crippen LogP contribution in [0.3, 0.4) is 0 Å². The van der Waals surface area contributed by atoms with Gasteiger partial charge in [-0.3, -0.25) is 0 Å². The largest absolute Gasteiger partial charge is 0.0654 e. The lowest BCUT2D eigenvalue weighted by Crippen LogP contribution is -1.83. The average Bonchev–Trinajstić information content (AvgIpc) is 2.02. The van der Waals surface area contributed by atoms with Crippen LogP contribution in [0, 0.1) is 11.8 Å². The first-order valence-electron chi connectivity index (χ1n) is 5.54. The summed E-state index contributed by atoms with van der Waals surface area (Å²) >= 11 is 0. The first-order chi connectivity index (χ1) is 5.54. The Kier molecular flexibility index (Phi) is 13.3. The van der Waals surface area contributed by atoms with E-state index in [9.17, 15) is 0 Å². The van der Waals surface area contributed by atoms with Crippen LogP contribution in [-0.4, -0.2) is 0 Å². The molecule has 0 aliphatic carbocycles. The Morgan fingerprint density at radius 1 is 0.833 bits per heavy atom. The predicted octanol–water partition coefficient (Wildman–Crippen LogP) is 4.89. The van der Waals surface area contributed by atoms with Gasteiger partial charge < -0.3 is 0 Å². The van der Waals surface area contributed by atoms with Crippen LogP contribution in [0.25, 0.3) is 0 Å². The van der Waals surface area contributed by atoms with Gasteiger partial charge in [0.15, 0.2) is 0 Å². The van der Waals surface area contributed by atoms with Crippen LogP contribution >= 0.6 is 0 Å². The fraction of sp³-hybridized carbons (Fsp3) is 1.00. The highest BCUT2D eigenvalue weighted by atomic mass is 13.9. The highest BCUT2D eigenvalue weighted by Crippen LogP contribution is 2.04.